The van der Waals surface area contributed by atoms with Gasteiger partial charge >= 0.3 is 0 Å². The fourth-order valence-corrected chi connectivity index (χ4v) is 6.95. The van der Waals surface area contributed by atoms with Crippen LogP contribution in [0.1, 0.15) is 79.8 Å². The Morgan fingerprint density at radius 1 is 1.04 bits per heavy atom. The van der Waals surface area contributed by atoms with Crippen LogP contribution in [0.4, 0.5) is 0 Å². The number of nitrogens with zero attached hydrogens (tertiary/aromatic N) is 3. The van der Waals surface area contributed by atoms with Crippen LogP contribution in [0.15, 0.2) is 12.5 Å². The minimum atomic E-state index is -0.741. The summed E-state index contributed by atoms with van der Waals surface area (Å²) < 4.78 is 11.9. The highest BCUT2D eigenvalue weighted by Crippen LogP contribution is 2.29. The summed E-state index contributed by atoms with van der Waals surface area (Å²) in [6.07, 6.45) is 5.25. The molecule has 4 N–H and O–H groups in total. The molecule has 1 aliphatic rings. The lowest BCUT2D eigenvalue weighted by Crippen LogP contribution is -2.59. The van der Waals surface area contributed by atoms with Crippen molar-refractivity contribution in [1.82, 2.24) is 35.7 Å². The van der Waals surface area contributed by atoms with Crippen molar-refractivity contribution in [2.24, 2.45) is 23.7 Å². The van der Waals surface area contributed by atoms with E-state index in [0.717, 1.165) is 25.0 Å². The lowest BCUT2D eigenvalue weighted by molar-refractivity contribution is -0.147. The number of aromatic nitrogens is 2. The van der Waals surface area contributed by atoms with Gasteiger partial charge < -0.3 is 40.2 Å². The standard InChI is InChI=1S/C35H63N7O6/c1-12-23(6)31(41(9)35(46)30(22(4)5)40-34(45)29(36-8)21(2)3)27(47-10)18-28(43)42-17-13-14-26(42)32(48-11)24(7)33(44)38-16-15-25-19-37-20-39-25/h19-24,26-27,29-32,36H,12-18H2,1-11H3,(H,37,39)(H,38,44)(H,40,45)/t23-,24+,26-,27-,29-,30-,31-,32+/m0/s1. The number of rotatable bonds is 20. The molecule has 0 aliphatic carbocycles. The van der Waals surface area contributed by atoms with Crippen LogP contribution in [0.25, 0.3) is 0 Å². The van der Waals surface area contributed by atoms with Crippen molar-refractivity contribution in [2.45, 2.75) is 117 Å². The Morgan fingerprint density at radius 2 is 1.71 bits per heavy atom. The first-order valence-electron chi connectivity index (χ1n) is 17.6. The quantitative estimate of drug-likeness (QED) is 0.164. The van der Waals surface area contributed by atoms with E-state index in [4.69, 9.17) is 9.47 Å². The highest BCUT2D eigenvalue weighted by molar-refractivity contribution is 5.90. The zero-order valence-corrected chi connectivity index (χ0v) is 31.2. The second-order valence-electron chi connectivity index (χ2n) is 13.9. The SMILES string of the molecule is CC[C@H](C)[C@@H]([C@H](CC(=O)N1CCC[C@H]1[C@H](OC)[C@@H](C)C(=O)NCCc1cnc[nH]1)OC)N(C)C(=O)[C@@H](NC(=O)[C@@H](NC)C(C)C)C(C)C. The molecule has 0 bridgehead atoms. The fraction of sp³-hybridized carbons (Fsp3) is 0.800. The zero-order chi connectivity index (χ0) is 36.1. The molecule has 0 spiro atoms. The smallest absolute Gasteiger partial charge is 0.245 e. The summed E-state index contributed by atoms with van der Waals surface area (Å²) in [7, 11) is 6.63. The van der Waals surface area contributed by atoms with Crippen molar-refractivity contribution in [1.29, 1.82) is 0 Å². The van der Waals surface area contributed by atoms with Gasteiger partial charge in [-0.3, -0.25) is 19.2 Å². The van der Waals surface area contributed by atoms with E-state index >= 15 is 0 Å². The maximum absolute atomic E-state index is 14.1. The van der Waals surface area contributed by atoms with Gasteiger partial charge in [-0.2, -0.15) is 0 Å². The Hall–Kier alpha value is -3.03. The van der Waals surface area contributed by atoms with Crippen molar-refractivity contribution in [2.75, 3.05) is 41.4 Å². The molecule has 2 rings (SSSR count). The number of amides is 4. The molecule has 8 atom stereocenters. The van der Waals surface area contributed by atoms with Crippen LogP contribution in [0.2, 0.25) is 0 Å². The third-order valence-corrected chi connectivity index (χ3v) is 10.00. The average Bonchev–Trinajstić information content (AvgIpc) is 3.76. The molecule has 1 aromatic rings. The molecule has 274 valence electrons. The number of aromatic amines is 1. The number of ether oxygens (including phenoxy) is 2. The number of carbonyl (C=O) groups excluding carboxylic acids is 4. The molecule has 0 saturated carbocycles. The maximum atomic E-state index is 14.1. The van der Waals surface area contributed by atoms with Gasteiger partial charge in [-0.1, -0.05) is 54.9 Å². The minimum Gasteiger partial charge on any atom is -0.379 e. The van der Waals surface area contributed by atoms with Gasteiger partial charge in [0.1, 0.15) is 6.04 Å². The molecule has 4 amide bonds. The van der Waals surface area contributed by atoms with Crippen molar-refractivity contribution >= 4 is 23.6 Å². The molecule has 13 heteroatoms. The van der Waals surface area contributed by atoms with Crippen LogP contribution < -0.4 is 16.0 Å². The first kappa shape index (κ1) is 41.1. The van der Waals surface area contributed by atoms with Crippen LogP contribution in [-0.4, -0.2) is 121 Å². The first-order chi connectivity index (χ1) is 22.7. The van der Waals surface area contributed by atoms with Crippen LogP contribution in [0, 0.1) is 23.7 Å². The molecule has 2 heterocycles. The number of likely N-dealkylation sites (N-methyl/N-ethyl adjacent to an activating group) is 2. The molecular weight excluding hydrogens is 614 g/mol. The van der Waals surface area contributed by atoms with E-state index in [9.17, 15) is 19.2 Å². The Balaban J connectivity index is 2.20. The molecule has 1 saturated heterocycles. The van der Waals surface area contributed by atoms with Crippen LogP contribution in [0.3, 0.4) is 0 Å². The van der Waals surface area contributed by atoms with E-state index in [0.29, 0.717) is 19.5 Å². The van der Waals surface area contributed by atoms with Gasteiger partial charge in [-0.25, -0.2) is 4.98 Å². The number of hydrogen-bond donors (Lipinski definition) is 4. The number of methoxy groups -OCH3 is 2. The molecule has 1 aromatic heterocycles. The zero-order valence-electron chi connectivity index (χ0n) is 31.2. The van der Waals surface area contributed by atoms with E-state index in [2.05, 4.69) is 32.8 Å². The third kappa shape index (κ3) is 10.7. The Kier molecular flexibility index (Phi) is 17.0. The summed E-state index contributed by atoms with van der Waals surface area (Å²) in [5.74, 6) is -1.26. The highest BCUT2D eigenvalue weighted by atomic mass is 16.5. The predicted octanol–water partition coefficient (Wildman–Crippen LogP) is 2.37. The lowest BCUT2D eigenvalue weighted by atomic mass is 9.89. The normalized spacial score (nSPS) is 19.4. The number of imidazole rings is 1. The summed E-state index contributed by atoms with van der Waals surface area (Å²) in [6, 6.07) is -1.86. The molecule has 0 unspecified atom stereocenters. The Bertz CT molecular complexity index is 1150. The molecule has 1 aliphatic heterocycles. The Labute approximate surface area is 288 Å². The topological polar surface area (TPSA) is 158 Å². The summed E-state index contributed by atoms with van der Waals surface area (Å²) in [5.41, 5.74) is 0.938. The molecular formula is C35H63N7O6. The molecule has 13 nitrogen and oxygen atoms in total. The predicted molar refractivity (Wildman–Crippen MR) is 186 cm³/mol. The molecule has 0 aromatic carbocycles. The van der Waals surface area contributed by atoms with Crippen molar-refractivity contribution in [3.05, 3.63) is 18.2 Å². The molecule has 48 heavy (non-hydrogen) atoms. The second-order valence-corrected chi connectivity index (χ2v) is 13.9. The summed E-state index contributed by atoms with van der Waals surface area (Å²) in [6.45, 7) is 14.7. The average molecular weight is 678 g/mol. The minimum absolute atomic E-state index is 0.00695. The van der Waals surface area contributed by atoms with Gasteiger partial charge in [0.25, 0.3) is 0 Å². The lowest BCUT2D eigenvalue weighted by Gasteiger charge is -2.41. The van der Waals surface area contributed by atoms with E-state index in [1.165, 1.54) is 0 Å². The summed E-state index contributed by atoms with van der Waals surface area (Å²) >= 11 is 0. The van der Waals surface area contributed by atoms with Gasteiger partial charge in [0.2, 0.25) is 23.6 Å². The van der Waals surface area contributed by atoms with Crippen molar-refractivity contribution in [3.8, 4) is 0 Å². The van der Waals surface area contributed by atoms with E-state index in [-0.39, 0.29) is 53.8 Å². The van der Waals surface area contributed by atoms with Gasteiger partial charge in [0.05, 0.1) is 49.0 Å². The largest absolute Gasteiger partial charge is 0.379 e. The van der Waals surface area contributed by atoms with Crippen LogP contribution in [0.5, 0.6) is 0 Å². The summed E-state index contributed by atoms with van der Waals surface area (Å²) in [4.78, 5) is 64.9. The second kappa shape index (κ2) is 19.8. The van der Waals surface area contributed by atoms with Gasteiger partial charge in [0.15, 0.2) is 0 Å². The van der Waals surface area contributed by atoms with E-state index < -0.39 is 36.3 Å². The van der Waals surface area contributed by atoms with E-state index in [1.54, 1.807) is 45.7 Å². The van der Waals surface area contributed by atoms with Gasteiger partial charge in [-0.15, -0.1) is 0 Å². The highest BCUT2D eigenvalue weighted by Gasteiger charge is 2.43. The first-order valence-corrected chi connectivity index (χ1v) is 17.6. The van der Waals surface area contributed by atoms with Gasteiger partial charge in [-0.05, 0) is 37.6 Å². The summed E-state index contributed by atoms with van der Waals surface area (Å²) in [5, 5.41) is 9.02. The van der Waals surface area contributed by atoms with Crippen molar-refractivity contribution < 1.29 is 28.7 Å². The number of nitrogens with one attached hydrogen (secondary N) is 4. The number of hydrogen-bond acceptors (Lipinski definition) is 8. The third-order valence-electron chi connectivity index (χ3n) is 10.00. The van der Waals surface area contributed by atoms with Crippen molar-refractivity contribution in [3.63, 3.8) is 0 Å². The number of carbonyl (C=O) groups is 4. The number of likely N-dealkylation sites (tertiary alicyclic amines) is 1. The van der Waals surface area contributed by atoms with Crippen LogP contribution >= 0.6 is 0 Å². The van der Waals surface area contributed by atoms with Crippen LogP contribution in [-0.2, 0) is 35.1 Å². The Morgan fingerprint density at radius 3 is 2.23 bits per heavy atom. The van der Waals surface area contributed by atoms with E-state index in [1.807, 2.05) is 46.4 Å². The van der Waals surface area contributed by atoms with Gasteiger partial charge in [0, 0.05) is 52.7 Å². The maximum Gasteiger partial charge on any atom is 0.245 e. The fourth-order valence-electron chi connectivity index (χ4n) is 6.95. The monoisotopic (exact) mass is 677 g/mol. The molecule has 0 radical (unpaired) electrons. The molecule has 1 fully saturated rings. The number of H-pyrrole nitrogens is 1.